The number of aliphatic carboxylic acids is 1. The highest BCUT2D eigenvalue weighted by Gasteiger charge is 2.66. The number of ether oxygens (including phenoxy) is 1. The molecule has 1 saturated carbocycles. The van der Waals surface area contributed by atoms with Gasteiger partial charge >= 0.3 is 5.97 Å². The topological polar surface area (TPSA) is 75.6 Å². The van der Waals surface area contributed by atoms with Crippen LogP contribution in [-0.4, -0.2) is 35.2 Å². The molecule has 2 N–H and O–H groups in total. The summed E-state index contributed by atoms with van der Waals surface area (Å²) in [6, 6.07) is 7.99. The third kappa shape index (κ3) is 3.93. The Balaban J connectivity index is 2.02. The molecule has 2 rings (SSSR count). The lowest BCUT2D eigenvalue weighted by Crippen LogP contribution is -2.76. The third-order valence-corrected chi connectivity index (χ3v) is 5.69. The largest absolute Gasteiger partial charge is 0.479 e. The third-order valence-electron chi connectivity index (χ3n) is 5.69. The maximum Gasteiger partial charge on any atom is 0.330 e. The predicted molar refractivity (Wildman–Crippen MR) is 101 cm³/mol. The van der Waals surface area contributed by atoms with Crippen LogP contribution in [0.3, 0.4) is 0 Å². The van der Waals surface area contributed by atoms with E-state index in [2.05, 4.69) is 12.2 Å². The first-order chi connectivity index (χ1) is 12.3. The smallest absolute Gasteiger partial charge is 0.330 e. The number of hydrogen-bond donors (Lipinski definition) is 2. The normalized spacial score (nSPS) is 23.9. The van der Waals surface area contributed by atoms with E-state index in [4.69, 9.17) is 4.74 Å². The summed E-state index contributed by atoms with van der Waals surface area (Å²) in [7, 11) is 0. The van der Waals surface area contributed by atoms with Gasteiger partial charge in [-0.05, 0) is 30.9 Å². The van der Waals surface area contributed by atoms with Crippen LogP contribution in [0.4, 0.5) is 0 Å². The Hall–Kier alpha value is -1.88. The second kappa shape index (κ2) is 8.21. The van der Waals surface area contributed by atoms with Gasteiger partial charge in [-0.1, -0.05) is 51.5 Å². The monoisotopic (exact) mass is 361 g/mol. The Morgan fingerprint density at radius 1 is 1.19 bits per heavy atom. The highest BCUT2D eigenvalue weighted by molar-refractivity contribution is 5.90. The molecule has 0 bridgehead atoms. The minimum atomic E-state index is -1.27. The minimum Gasteiger partial charge on any atom is -0.479 e. The van der Waals surface area contributed by atoms with E-state index in [9.17, 15) is 14.7 Å². The van der Waals surface area contributed by atoms with Crippen molar-refractivity contribution in [1.82, 2.24) is 5.32 Å². The molecule has 1 aromatic carbocycles. The molecule has 0 spiro atoms. The van der Waals surface area contributed by atoms with Gasteiger partial charge in [0.1, 0.15) is 5.54 Å². The van der Waals surface area contributed by atoms with Crippen LogP contribution in [0, 0.1) is 5.41 Å². The molecule has 1 aromatic rings. The summed E-state index contributed by atoms with van der Waals surface area (Å²) in [5.74, 6) is -1.27. The van der Waals surface area contributed by atoms with Gasteiger partial charge in [0.2, 0.25) is 5.91 Å². The van der Waals surface area contributed by atoms with Crippen molar-refractivity contribution in [3.63, 3.8) is 0 Å². The zero-order chi connectivity index (χ0) is 19.4. The highest BCUT2D eigenvalue weighted by Crippen LogP contribution is 2.51. The Morgan fingerprint density at radius 2 is 1.81 bits per heavy atom. The number of unbranched alkanes of at least 4 members (excludes halogenated alkanes) is 1. The Kier molecular flexibility index (Phi) is 6.45. The number of amides is 1. The number of aryl methyl sites for hydroxylation is 1. The number of rotatable bonds is 9. The molecule has 0 saturated heterocycles. The molecule has 0 heterocycles. The average molecular weight is 361 g/mol. The fourth-order valence-corrected chi connectivity index (χ4v) is 3.71. The van der Waals surface area contributed by atoms with Crippen LogP contribution < -0.4 is 5.32 Å². The summed E-state index contributed by atoms with van der Waals surface area (Å²) >= 11 is 0. The van der Waals surface area contributed by atoms with Crippen LogP contribution in [0.15, 0.2) is 24.3 Å². The second-order valence-electron chi connectivity index (χ2n) is 7.73. The highest BCUT2D eigenvalue weighted by atomic mass is 16.5. The molecule has 0 radical (unpaired) electrons. The molecule has 2 unspecified atom stereocenters. The van der Waals surface area contributed by atoms with Crippen LogP contribution in [-0.2, 0) is 27.2 Å². The lowest BCUT2D eigenvalue weighted by Gasteiger charge is -2.58. The average Bonchev–Trinajstić information content (AvgIpc) is 2.59. The van der Waals surface area contributed by atoms with Gasteiger partial charge in [0.25, 0.3) is 0 Å². The van der Waals surface area contributed by atoms with Crippen molar-refractivity contribution in [3.8, 4) is 0 Å². The van der Waals surface area contributed by atoms with E-state index in [1.165, 1.54) is 5.56 Å². The van der Waals surface area contributed by atoms with Crippen LogP contribution in [0.1, 0.15) is 58.1 Å². The molecule has 144 valence electrons. The van der Waals surface area contributed by atoms with E-state index in [1.54, 1.807) is 0 Å². The van der Waals surface area contributed by atoms with Crippen molar-refractivity contribution in [1.29, 1.82) is 0 Å². The Labute approximate surface area is 156 Å². The number of carboxylic acid groups (broad SMARTS) is 1. The molecule has 1 amide bonds. The minimum absolute atomic E-state index is 0.165. The number of carbonyl (C=O) groups is 2. The lowest BCUT2D eigenvalue weighted by atomic mass is 9.54. The first-order valence-corrected chi connectivity index (χ1v) is 9.50. The molecule has 1 fully saturated rings. The zero-order valence-electron chi connectivity index (χ0n) is 16.3. The van der Waals surface area contributed by atoms with E-state index < -0.39 is 16.9 Å². The molecule has 0 aromatic heterocycles. The van der Waals surface area contributed by atoms with E-state index in [0.717, 1.165) is 24.8 Å². The van der Waals surface area contributed by atoms with Crippen LogP contribution in [0.5, 0.6) is 0 Å². The number of carbonyl (C=O) groups excluding carboxylic acids is 1. The van der Waals surface area contributed by atoms with Crippen LogP contribution in [0.2, 0.25) is 0 Å². The molecule has 1 aliphatic carbocycles. The quantitative estimate of drug-likeness (QED) is 0.707. The summed E-state index contributed by atoms with van der Waals surface area (Å²) in [6.45, 7) is 8.26. The van der Waals surface area contributed by atoms with Crippen molar-refractivity contribution in [2.75, 3.05) is 6.61 Å². The lowest BCUT2D eigenvalue weighted by molar-refractivity contribution is -0.194. The summed E-state index contributed by atoms with van der Waals surface area (Å²) < 4.78 is 5.63. The van der Waals surface area contributed by atoms with Gasteiger partial charge in [-0.25, -0.2) is 4.79 Å². The van der Waals surface area contributed by atoms with Crippen LogP contribution in [0.25, 0.3) is 0 Å². The molecule has 26 heavy (non-hydrogen) atoms. The van der Waals surface area contributed by atoms with Gasteiger partial charge in [0.15, 0.2) is 0 Å². The van der Waals surface area contributed by atoms with Gasteiger partial charge in [0.05, 0.1) is 12.5 Å². The number of benzene rings is 1. The van der Waals surface area contributed by atoms with Crippen molar-refractivity contribution < 1.29 is 19.4 Å². The SMILES string of the molecule is CCCCc1ccc(CC(=O)NC2(C(=O)O)CC(OCC)C2(C)C)cc1. The van der Waals surface area contributed by atoms with Crippen molar-refractivity contribution in [2.24, 2.45) is 5.41 Å². The van der Waals surface area contributed by atoms with Crippen molar-refractivity contribution in [2.45, 2.75) is 71.4 Å². The molecule has 2 atom stereocenters. The first-order valence-electron chi connectivity index (χ1n) is 9.50. The standard InChI is InChI=1S/C21H31NO4/c1-5-7-8-15-9-11-16(12-10-15)13-18(23)22-21(19(24)25)14-17(26-6-2)20(21,3)4/h9-12,17H,5-8,13-14H2,1-4H3,(H,22,23)(H,24,25). The second-order valence-corrected chi connectivity index (χ2v) is 7.73. The maximum atomic E-state index is 12.5. The van der Waals surface area contributed by atoms with Gasteiger partial charge < -0.3 is 15.2 Å². The molecule has 5 heteroatoms. The van der Waals surface area contributed by atoms with E-state index >= 15 is 0 Å². The molecular formula is C21H31NO4. The zero-order valence-corrected chi connectivity index (χ0v) is 16.3. The Bertz CT molecular complexity index is 638. The number of nitrogens with one attached hydrogen (secondary N) is 1. The van der Waals surface area contributed by atoms with Crippen LogP contribution >= 0.6 is 0 Å². The number of carboxylic acids is 1. The molecule has 5 nitrogen and oxygen atoms in total. The summed E-state index contributed by atoms with van der Waals surface area (Å²) in [5.41, 5.74) is 0.221. The van der Waals surface area contributed by atoms with Crippen molar-refractivity contribution in [3.05, 3.63) is 35.4 Å². The van der Waals surface area contributed by atoms with E-state index in [-0.39, 0.29) is 18.4 Å². The fourth-order valence-electron chi connectivity index (χ4n) is 3.71. The Morgan fingerprint density at radius 3 is 2.31 bits per heavy atom. The van der Waals surface area contributed by atoms with E-state index in [1.807, 2.05) is 45.0 Å². The first kappa shape index (κ1) is 20.4. The summed E-state index contributed by atoms with van der Waals surface area (Å²) in [5, 5.41) is 12.6. The van der Waals surface area contributed by atoms with Gasteiger partial charge in [-0.3, -0.25) is 4.79 Å². The van der Waals surface area contributed by atoms with Gasteiger partial charge in [-0.15, -0.1) is 0 Å². The van der Waals surface area contributed by atoms with Gasteiger partial charge in [-0.2, -0.15) is 0 Å². The van der Waals surface area contributed by atoms with Gasteiger partial charge in [0, 0.05) is 18.4 Å². The molecular weight excluding hydrogens is 330 g/mol. The number of hydrogen-bond acceptors (Lipinski definition) is 3. The van der Waals surface area contributed by atoms with Crippen molar-refractivity contribution >= 4 is 11.9 Å². The summed E-state index contributed by atoms with van der Waals surface area (Å²) in [4.78, 5) is 24.5. The maximum absolute atomic E-state index is 12.5. The molecule has 0 aliphatic heterocycles. The van der Waals surface area contributed by atoms with E-state index in [0.29, 0.717) is 13.0 Å². The summed E-state index contributed by atoms with van der Waals surface area (Å²) in [6.07, 6.45) is 3.65. The fraction of sp³-hybridized carbons (Fsp3) is 0.619. The molecule has 1 aliphatic rings. The predicted octanol–water partition coefficient (Wildman–Crippen LogP) is 3.35.